The molecule has 0 aromatic heterocycles. The highest BCUT2D eigenvalue weighted by molar-refractivity contribution is 5.64. The Morgan fingerprint density at radius 1 is 0.818 bits per heavy atom. The molecule has 2 aromatic rings. The Morgan fingerprint density at radius 2 is 1.55 bits per heavy atom. The summed E-state index contributed by atoms with van der Waals surface area (Å²) in [6.07, 6.45) is 6.64. The van der Waals surface area contributed by atoms with E-state index in [2.05, 4.69) is 59.9 Å². The summed E-state index contributed by atoms with van der Waals surface area (Å²) in [7, 11) is 0. The van der Waals surface area contributed by atoms with Crippen LogP contribution in [0.1, 0.15) is 32.1 Å². The number of hydrogen-bond donors (Lipinski definition) is 1. The van der Waals surface area contributed by atoms with Crippen LogP contribution >= 0.6 is 0 Å². The van der Waals surface area contributed by atoms with Crippen LogP contribution in [0.15, 0.2) is 54.6 Å². The van der Waals surface area contributed by atoms with Crippen molar-refractivity contribution < 1.29 is 4.74 Å². The Hall–Kier alpha value is -1.80. The fraction of sp³-hybridized carbons (Fsp3) is 0.400. The lowest BCUT2D eigenvalue weighted by atomic mass is 9.85. The van der Waals surface area contributed by atoms with Gasteiger partial charge in [-0.1, -0.05) is 48.9 Å². The van der Waals surface area contributed by atoms with E-state index in [-0.39, 0.29) is 0 Å². The molecule has 2 bridgehead atoms. The minimum atomic E-state index is 0.363. The Morgan fingerprint density at radius 3 is 2.32 bits per heavy atom. The minimum absolute atomic E-state index is 0.363. The first kappa shape index (κ1) is 13.8. The van der Waals surface area contributed by atoms with Gasteiger partial charge in [-0.05, 0) is 48.9 Å². The molecule has 2 saturated heterocycles. The molecule has 0 spiro atoms. The number of fused-ring (bicyclic) bond motifs is 2. The molecule has 2 fully saturated rings. The van der Waals surface area contributed by atoms with Crippen molar-refractivity contribution in [1.29, 1.82) is 0 Å². The first-order valence-corrected chi connectivity index (χ1v) is 8.45. The summed E-state index contributed by atoms with van der Waals surface area (Å²) in [4.78, 5) is 0. The third kappa shape index (κ3) is 3.02. The van der Waals surface area contributed by atoms with Gasteiger partial charge in [-0.3, -0.25) is 0 Å². The van der Waals surface area contributed by atoms with Gasteiger partial charge >= 0.3 is 0 Å². The van der Waals surface area contributed by atoms with Crippen molar-refractivity contribution in [3.05, 3.63) is 54.6 Å². The summed E-state index contributed by atoms with van der Waals surface area (Å²) in [6, 6.07) is 20.3. The average Bonchev–Trinajstić information content (AvgIpc) is 2.56. The van der Waals surface area contributed by atoms with Crippen molar-refractivity contribution in [3.8, 4) is 16.9 Å². The molecule has 2 nitrogen and oxygen atoms in total. The highest BCUT2D eigenvalue weighted by Gasteiger charge is 2.32. The molecule has 3 atom stereocenters. The van der Waals surface area contributed by atoms with E-state index >= 15 is 0 Å². The van der Waals surface area contributed by atoms with Crippen LogP contribution in [0, 0.1) is 0 Å². The van der Waals surface area contributed by atoms with E-state index < -0.39 is 0 Å². The van der Waals surface area contributed by atoms with Crippen molar-refractivity contribution >= 4 is 0 Å². The second-order valence-electron chi connectivity index (χ2n) is 6.60. The maximum atomic E-state index is 6.31. The van der Waals surface area contributed by atoms with Crippen LogP contribution in [-0.2, 0) is 0 Å². The van der Waals surface area contributed by atoms with E-state index in [0.29, 0.717) is 18.2 Å². The lowest BCUT2D eigenvalue weighted by Crippen LogP contribution is -2.51. The molecule has 0 unspecified atom stereocenters. The van der Waals surface area contributed by atoms with Gasteiger partial charge in [-0.2, -0.15) is 0 Å². The molecule has 4 rings (SSSR count). The summed E-state index contributed by atoms with van der Waals surface area (Å²) in [5.41, 5.74) is 2.47. The van der Waals surface area contributed by atoms with Crippen molar-refractivity contribution in [2.75, 3.05) is 0 Å². The summed E-state index contributed by atoms with van der Waals surface area (Å²) < 4.78 is 6.31. The molecule has 2 aromatic carbocycles. The zero-order valence-electron chi connectivity index (χ0n) is 12.9. The third-order valence-corrected chi connectivity index (χ3v) is 4.92. The molecule has 2 heterocycles. The number of nitrogens with one attached hydrogen (secondary N) is 1. The smallest absolute Gasteiger partial charge is 0.120 e. The van der Waals surface area contributed by atoms with Gasteiger partial charge in [0.15, 0.2) is 0 Å². The molecular formula is C20H23NO. The van der Waals surface area contributed by atoms with Crippen LogP contribution in [0.25, 0.3) is 11.1 Å². The van der Waals surface area contributed by atoms with Gasteiger partial charge in [0.05, 0.1) is 0 Å². The Bertz CT molecular complexity index is 613. The molecule has 114 valence electrons. The highest BCUT2D eigenvalue weighted by atomic mass is 16.5. The van der Waals surface area contributed by atoms with E-state index in [1.807, 2.05) is 0 Å². The first-order valence-electron chi connectivity index (χ1n) is 8.45. The van der Waals surface area contributed by atoms with E-state index in [1.54, 1.807) is 0 Å². The van der Waals surface area contributed by atoms with E-state index in [0.717, 1.165) is 18.6 Å². The fourth-order valence-electron chi connectivity index (χ4n) is 3.88. The largest absolute Gasteiger partial charge is 0.490 e. The number of ether oxygens (including phenoxy) is 1. The lowest BCUT2D eigenvalue weighted by Gasteiger charge is -2.40. The number of piperidine rings is 2. The second-order valence-corrected chi connectivity index (χ2v) is 6.60. The van der Waals surface area contributed by atoms with Crippen molar-refractivity contribution in [2.45, 2.75) is 50.3 Å². The topological polar surface area (TPSA) is 21.3 Å². The Balaban J connectivity index is 1.49. The average molecular weight is 293 g/mol. The lowest BCUT2D eigenvalue weighted by molar-refractivity contribution is 0.0928. The molecule has 0 saturated carbocycles. The fourth-order valence-corrected chi connectivity index (χ4v) is 3.88. The molecule has 2 heteroatoms. The summed E-state index contributed by atoms with van der Waals surface area (Å²) in [6.45, 7) is 0. The van der Waals surface area contributed by atoms with E-state index in [4.69, 9.17) is 4.74 Å². The monoisotopic (exact) mass is 293 g/mol. The van der Waals surface area contributed by atoms with Crippen LogP contribution in [0.3, 0.4) is 0 Å². The predicted molar refractivity (Wildman–Crippen MR) is 90.1 cm³/mol. The molecular weight excluding hydrogens is 270 g/mol. The maximum Gasteiger partial charge on any atom is 0.120 e. The number of benzene rings is 2. The van der Waals surface area contributed by atoms with E-state index in [1.165, 1.54) is 30.4 Å². The van der Waals surface area contributed by atoms with Crippen LogP contribution in [0.5, 0.6) is 5.75 Å². The summed E-state index contributed by atoms with van der Waals surface area (Å²) in [5, 5.41) is 3.73. The van der Waals surface area contributed by atoms with Crippen molar-refractivity contribution in [3.63, 3.8) is 0 Å². The standard InChI is InChI=1S/C20H23NO/c1-2-6-15(7-3-1)16-8-4-11-19(12-16)22-20-13-17-9-5-10-18(14-20)21-17/h1-4,6-8,11-12,17-18,20-21H,5,9-10,13-14H2/t17-,18+,20-. The molecule has 2 aliphatic heterocycles. The zero-order chi connectivity index (χ0) is 14.8. The summed E-state index contributed by atoms with van der Waals surface area (Å²) >= 11 is 0. The maximum absolute atomic E-state index is 6.31. The molecule has 22 heavy (non-hydrogen) atoms. The van der Waals surface area contributed by atoms with Gasteiger partial charge in [-0.25, -0.2) is 0 Å². The van der Waals surface area contributed by atoms with Crippen molar-refractivity contribution in [1.82, 2.24) is 5.32 Å². The number of rotatable bonds is 3. The van der Waals surface area contributed by atoms with Crippen LogP contribution in [0.2, 0.25) is 0 Å². The highest BCUT2D eigenvalue weighted by Crippen LogP contribution is 2.30. The van der Waals surface area contributed by atoms with Crippen molar-refractivity contribution in [2.24, 2.45) is 0 Å². The number of hydrogen-bond acceptors (Lipinski definition) is 2. The third-order valence-electron chi connectivity index (χ3n) is 4.92. The van der Waals surface area contributed by atoms with Gasteiger partial charge < -0.3 is 10.1 Å². The molecule has 1 N–H and O–H groups in total. The van der Waals surface area contributed by atoms with Gasteiger partial charge in [0.1, 0.15) is 11.9 Å². The minimum Gasteiger partial charge on any atom is -0.490 e. The van der Waals surface area contributed by atoms with E-state index in [9.17, 15) is 0 Å². The quantitative estimate of drug-likeness (QED) is 0.905. The van der Waals surface area contributed by atoms with Crippen LogP contribution in [-0.4, -0.2) is 18.2 Å². The van der Waals surface area contributed by atoms with Gasteiger partial charge in [0.2, 0.25) is 0 Å². The molecule has 0 amide bonds. The summed E-state index contributed by atoms with van der Waals surface area (Å²) in [5.74, 6) is 1.01. The van der Waals surface area contributed by atoms with Crippen LogP contribution in [0.4, 0.5) is 0 Å². The van der Waals surface area contributed by atoms with Gasteiger partial charge in [0.25, 0.3) is 0 Å². The Labute approximate surface area is 132 Å². The Kier molecular flexibility index (Phi) is 3.86. The predicted octanol–water partition coefficient (Wildman–Crippen LogP) is 4.41. The SMILES string of the molecule is c1ccc(-c2cccc(O[C@@H]3C[C@H]4CCC[C@@H](C3)N4)c2)cc1. The van der Waals surface area contributed by atoms with Gasteiger partial charge in [0, 0.05) is 12.1 Å². The second kappa shape index (κ2) is 6.13. The van der Waals surface area contributed by atoms with Crippen LogP contribution < -0.4 is 10.1 Å². The zero-order valence-corrected chi connectivity index (χ0v) is 12.9. The van der Waals surface area contributed by atoms with Gasteiger partial charge in [-0.15, -0.1) is 0 Å². The molecule has 0 aliphatic carbocycles. The molecule has 0 radical (unpaired) electrons. The molecule has 2 aliphatic rings. The normalized spacial score (nSPS) is 27.4. The first-order chi connectivity index (χ1) is 10.9.